The normalized spacial score (nSPS) is 15.2. The molecule has 2 aliphatic rings. The molecule has 63 heavy (non-hydrogen) atoms. The number of esters is 1. The Bertz CT molecular complexity index is 2620. The fourth-order valence-corrected chi connectivity index (χ4v) is 10.1. The van der Waals surface area contributed by atoms with Crippen LogP contribution in [0.25, 0.3) is 5.57 Å². The van der Waals surface area contributed by atoms with Crippen LogP contribution in [0.15, 0.2) is 145 Å². The molecule has 3 N–H and O–H groups in total. The number of ether oxygens (including phenoxy) is 2. The molecule has 1 unspecified atom stereocenters. The first-order valence-electron chi connectivity index (χ1n) is 20.7. The number of hydrogen-bond donors (Lipinski definition) is 3. The number of unbranched alkanes of at least 4 members (excludes halogenated alkanes) is 1. The summed E-state index contributed by atoms with van der Waals surface area (Å²) < 4.78 is 11.6. The molecule has 1 heterocycles. The second kappa shape index (κ2) is 19.1. The van der Waals surface area contributed by atoms with Gasteiger partial charge in [-0.2, -0.15) is 0 Å². The Labute approximate surface area is 369 Å². The summed E-state index contributed by atoms with van der Waals surface area (Å²) in [7, 11) is 8.02. The number of methoxy groups -OCH3 is 1. The van der Waals surface area contributed by atoms with Gasteiger partial charge in [0.1, 0.15) is 11.5 Å². The summed E-state index contributed by atoms with van der Waals surface area (Å²) in [6.45, 7) is 2.74. The van der Waals surface area contributed by atoms with Gasteiger partial charge in [-0.3, -0.25) is 14.5 Å². The minimum absolute atomic E-state index is 0.00558. The number of carbonyl (C=O) groups is 4. The molecule has 7 rings (SSSR count). The van der Waals surface area contributed by atoms with E-state index in [0.717, 1.165) is 32.7 Å². The Morgan fingerprint density at radius 3 is 1.89 bits per heavy atom. The predicted molar refractivity (Wildman–Crippen MR) is 251 cm³/mol. The van der Waals surface area contributed by atoms with Crippen molar-refractivity contribution in [2.45, 2.75) is 25.3 Å². The van der Waals surface area contributed by atoms with E-state index in [1.54, 1.807) is 30.3 Å². The van der Waals surface area contributed by atoms with Crippen LogP contribution in [-0.2, 0) is 4.74 Å². The lowest BCUT2D eigenvalue weighted by atomic mass is 9.82. The minimum atomic E-state index is -1.19. The maximum atomic E-state index is 13.5. The van der Waals surface area contributed by atoms with Gasteiger partial charge in [0.05, 0.1) is 23.8 Å². The van der Waals surface area contributed by atoms with Crippen LogP contribution in [-0.4, -0.2) is 87.7 Å². The average molecular weight is 863 g/mol. The number of anilines is 1. The van der Waals surface area contributed by atoms with E-state index in [1.165, 1.54) is 13.2 Å². The molecular weight excluding hydrogens is 812 g/mol. The average Bonchev–Trinajstić information content (AvgIpc) is 3.29. The van der Waals surface area contributed by atoms with E-state index in [2.05, 4.69) is 28.5 Å². The van der Waals surface area contributed by atoms with E-state index in [9.17, 15) is 24.3 Å². The van der Waals surface area contributed by atoms with Crippen molar-refractivity contribution in [2.24, 2.45) is 0 Å². The fraction of sp³-hybridized carbons (Fsp3) is 0.216. The summed E-state index contributed by atoms with van der Waals surface area (Å²) in [5.41, 5.74) is 4.23. The molecule has 0 saturated heterocycles. The van der Waals surface area contributed by atoms with E-state index < -0.39 is 31.3 Å². The quantitative estimate of drug-likeness (QED) is 0.0583. The zero-order chi connectivity index (χ0) is 44.8. The number of aromatic carboxylic acids is 1. The molecule has 0 radical (unpaired) electrons. The summed E-state index contributed by atoms with van der Waals surface area (Å²) >= 11 is 0. The number of hydrogen-bond acceptors (Lipinski definition) is 8. The molecule has 5 aromatic rings. The van der Waals surface area contributed by atoms with Crippen LogP contribution >= 0.6 is 7.92 Å². The summed E-state index contributed by atoms with van der Waals surface area (Å²) in [5.74, 6) is -1.08. The van der Waals surface area contributed by atoms with Crippen LogP contribution in [0, 0.1) is 0 Å². The van der Waals surface area contributed by atoms with Gasteiger partial charge in [0.25, 0.3) is 11.8 Å². The van der Waals surface area contributed by atoms with Gasteiger partial charge in [-0.1, -0.05) is 78.9 Å². The standard InChI is InChI=1S/C51H51N4O7P/c1-51(55(4)5)26-25-40-44(32-51)62-43-31-35(54(2)3)21-24-39(43)46(40)38-22-19-33(29-42(38)49(58)59)47(56)52-27-13-14-28-53-48(57)34-20-23-41(50(60)61-6)45(30-34)63(36-15-9-7-10-16-36)37-17-11-8-12-18-37/h7-12,15-26,29-32H,13-14,27-28H2,1-6H3,(H,52,56)(H,53,57)(H,58,59). The number of likely N-dealkylation sites (N-methyl/N-ethyl adjacent to an activating group) is 1. The van der Waals surface area contributed by atoms with E-state index in [4.69, 9.17) is 9.47 Å². The maximum absolute atomic E-state index is 13.5. The van der Waals surface area contributed by atoms with Gasteiger partial charge in [0.2, 0.25) is 0 Å². The SMILES string of the molecule is COC(=O)c1ccc(C(=O)NCCCCNC(=O)c2ccc(C3=C4C=CC(C)(N(C)C)C=C4Oc4cc(N(C)C)ccc43)c(C(=O)O)c2)cc1P(c1ccccc1)c1ccccc1. The van der Waals surface area contributed by atoms with Crippen LogP contribution in [0.1, 0.15) is 72.3 Å². The van der Waals surface area contributed by atoms with Gasteiger partial charge >= 0.3 is 11.9 Å². The van der Waals surface area contributed by atoms with Crippen molar-refractivity contribution in [3.05, 3.63) is 178 Å². The molecule has 1 aliphatic heterocycles. The lowest BCUT2D eigenvalue weighted by molar-refractivity contribution is 0.0600. The molecule has 1 atom stereocenters. The van der Waals surface area contributed by atoms with Crippen LogP contribution in [0.3, 0.4) is 0 Å². The van der Waals surface area contributed by atoms with Crippen molar-refractivity contribution in [3.63, 3.8) is 0 Å². The molecule has 5 aromatic carbocycles. The van der Waals surface area contributed by atoms with Gasteiger partial charge in [0.15, 0.2) is 0 Å². The number of nitrogens with one attached hydrogen (secondary N) is 2. The van der Waals surface area contributed by atoms with Gasteiger partial charge in [-0.05, 0) is 106 Å². The molecule has 12 heteroatoms. The number of carboxylic acids is 1. The summed E-state index contributed by atoms with van der Waals surface area (Å²) in [4.78, 5) is 56.8. The molecule has 1 aliphatic carbocycles. The van der Waals surface area contributed by atoms with Crippen molar-refractivity contribution in [3.8, 4) is 5.75 Å². The van der Waals surface area contributed by atoms with Crippen LogP contribution in [0.4, 0.5) is 5.69 Å². The van der Waals surface area contributed by atoms with E-state index in [1.807, 2.05) is 124 Å². The molecule has 0 spiro atoms. The van der Waals surface area contributed by atoms with Gasteiger partial charge in [-0.25, -0.2) is 9.59 Å². The number of benzene rings is 5. The smallest absolute Gasteiger partial charge is 0.338 e. The number of nitrogens with zero attached hydrogens (tertiary/aromatic N) is 2. The highest BCUT2D eigenvalue weighted by Crippen LogP contribution is 2.46. The Hall–Kier alpha value is -6.81. The Kier molecular flexibility index (Phi) is 13.4. The Balaban J connectivity index is 1.03. The third kappa shape index (κ3) is 9.50. The summed E-state index contributed by atoms with van der Waals surface area (Å²) in [6, 6.07) is 35.5. The minimum Gasteiger partial charge on any atom is -0.478 e. The molecule has 2 amide bonds. The third-order valence-corrected chi connectivity index (χ3v) is 13.9. The highest BCUT2D eigenvalue weighted by Gasteiger charge is 2.34. The lowest BCUT2D eigenvalue weighted by Crippen LogP contribution is -2.39. The second-order valence-electron chi connectivity index (χ2n) is 15.9. The lowest BCUT2D eigenvalue weighted by Gasteiger charge is -2.36. The fourth-order valence-electron chi connectivity index (χ4n) is 7.59. The number of carboxylic acid groups (broad SMARTS) is 1. The molecule has 0 bridgehead atoms. The van der Waals surface area contributed by atoms with Gasteiger partial charge < -0.3 is 30.1 Å². The highest BCUT2D eigenvalue weighted by molar-refractivity contribution is 7.80. The van der Waals surface area contributed by atoms with Crippen molar-refractivity contribution >= 4 is 58.8 Å². The van der Waals surface area contributed by atoms with E-state index >= 15 is 0 Å². The largest absolute Gasteiger partial charge is 0.478 e. The highest BCUT2D eigenvalue weighted by atomic mass is 31.1. The number of rotatable bonds is 15. The van der Waals surface area contributed by atoms with Crippen molar-refractivity contribution in [2.75, 3.05) is 53.3 Å². The Morgan fingerprint density at radius 1 is 0.730 bits per heavy atom. The zero-order valence-corrected chi connectivity index (χ0v) is 37.2. The Morgan fingerprint density at radius 2 is 1.32 bits per heavy atom. The van der Waals surface area contributed by atoms with Gasteiger partial charge in [-0.15, -0.1) is 0 Å². The van der Waals surface area contributed by atoms with Crippen LogP contribution in [0.5, 0.6) is 5.75 Å². The van der Waals surface area contributed by atoms with Crippen molar-refractivity contribution < 1.29 is 33.8 Å². The predicted octanol–water partition coefficient (Wildman–Crippen LogP) is 6.90. The summed E-state index contributed by atoms with van der Waals surface area (Å²) in [5, 5.41) is 19.2. The molecule has 0 aromatic heterocycles. The van der Waals surface area contributed by atoms with Gasteiger partial charge in [0, 0.05) is 72.1 Å². The van der Waals surface area contributed by atoms with Crippen LogP contribution in [0.2, 0.25) is 0 Å². The maximum Gasteiger partial charge on any atom is 0.338 e. The van der Waals surface area contributed by atoms with E-state index in [-0.39, 0.29) is 17.0 Å². The molecule has 0 fully saturated rings. The number of fused-ring (bicyclic) bond motifs is 2. The first kappa shape index (κ1) is 44.3. The summed E-state index contributed by atoms with van der Waals surface area (Å²) in [6.07, 6.45) is 7.22. The molecule has 11 nitrogen and oxygen atoms in total. The van der Waals surface area contributed by atoms with E-state index in [0.29, 0.717) is 59.7 Å². The zero-order valence-electron chi connectivity index (χ0n) is 36.3. The topological polar surface area (TPSA) is 138 Å². The first-order chi connectivity index (χ1) is 30.3. The molecule has 0 saturated carbocycles. The molecule has 322 valence electrons. The number of allylic oxidation sites excluding steroid dienone is 1. The third-order valence-electron chi connectivity index (χ3n) is 11.4. The first-order valence-corrected chi connectivity index (χ1v) is 22.0. The van der Waals surface area contributed by atoms with Crippen LogP contribution < -0.4 is 36.2 Å². The second-order valence-corrected chi connectivity index (χ2v) is 18.1. The number of amides is 2. The van der Waals surface area contributed by atoms with Crippen molar-refractivity contribution in [1.82, 2.24) is 15.5 Å². The monoisotopic (exact) mass is 862 g/mol. The number of carbonyl (C=O) groups excluding carboxylic acids is 3. The van der Waals surface area contributed by atoms with Crippen molar-refractivity contribution in [1.29, 1.82) is 0 Å². The molecular formula is C51H51N4O7P.